The Morgan fingerprint density at radius 1 is 0.284 bits per heavy atom. The van der Waals surface area contributed by atoms with Gasteiger partial charge in [0.25, 0.3) is 0 Å². The number of carbonyl (C=O) groups is 3. The molecule has 6 nitrogen and oxygen atoms in total. The van der Waals surface area contributed by atoms with Gasteiger partial charge < -0.3 is 14.2 Å². The fourth-order valence-electron chi connectivity index (χ4n) is 8.72. The number of allylic oxidation sites excluding steroid dienone is 16. The fraction of sp³-hybridized carbons (Fsp3) is 0.721. The van der Waals surface area contributed by atoms with E-state index in [4.69, 9.17) is 14.2 Å². The average Bonchev–Trinajstić information content (AvgIpc) is 3.40. The largest absolute Gasteiger partial charge is 0.462 e. The molecule has 0 aliphatic rings. The van der Waals surface area contributed by atoms with Crippen molar-refractivity contribution in [3.8, 4) is 0 Å². The van der Waals surface area contributed by atoms with Crippen molar-refractivity contribution >= 4 is 17.9 Å². The summed E-state index contributed by atoms with van der Waals surface area (Å²) in [6.45, 7) is 6.42. The molecule has 6 heteroatoms. The summed E-state index contributed by atoms with van der Waals surface area (Å²) in [5, 5.41) is 0. The summed E-state index contributed by atoms with van der Waals surface area (Å²) in [7, 11) is 0. The molecule has 0 rings (SSSR count). The molecule has 0 spiro atoms. The van der Waals surface area contributed by atoms with Crippen LogP contribution in [-0.2, 0) is 28.6 Å². The van der Waals surface area contributed by atoms with Gasteiger partial charge in [0.1, 0.15) is 13.2 Å². The smallest absolute Gasteiger partial charge is 0.306 e. The molecule has 0 aromatic carbocycles. The molecule has 0 saturated heterocycles. The molecule has 0 aliphatic heterocycles. The lowest BCUT2D eigenvalue weighted by molar-refractivity contribution is -0.167. The first-order valence-corrected chi connectivity index (χ1v) is 31.2. The Bertz CT molecular complexity index is 1460. The molecule has 0 aliphatic carbocycles. The monoisotopic (exact) mass is 1030 g/mol. The van der Waals surface area contributed by atoms with Crippen molar-refractivity contribution in [3.05, 3.63) is 97.2 Å². The van der Waals surface area contributed by atoms with E-state index in [1.54, 1.807) is 0 Å². The number of ether oxygens (including phenoxy) is 3. The Kier molecular flexibility index (Phi) is 58.8. The van der Waals surface area contributed by atoms with Crippen molar-refractivity contribution < 1.29 is 28.6 Å². The minimum Gasteiger partial charge on any atom is -0.462 e. The topological polar surface area (TPSA) is 78.9 Å². The predicted molar refractivity (Wildman–Crippen MR) is 320 cm³/mol. The Labute approximate surface area is 457 Å². The van der Waals surface area contributed by atoms with Crippen LogP contribution < -0.4 is 0 Å². The van der Waals surface area contributed by atoms with E-state index in [0.717, 1.165) is 122 Å². The Morgan fingerprint density at radius 3 is 0.824 bits per heavy atom. The molecule has 1 atom stereocenters. The Hall–Kier alpha value is -3.67. The van der Waals surface area contributed by atoms with Crippen LogP contribution in [0.15, 0.2) is 97.2 Å². The second-order valence-electron chi connectivity index (χ2n) is 20.6. The lowest BCUT2D eigenvalue weighted by Crippen LogP contribution is -2.30. The van der Waals surface area contributed by atoms with E-state index in [0.29, 0.717) is 19.3 Å². The second kappa shape index (κ2) is 61.9. The van der Waals surface area contributed by atoms with E-state index in [-0.39, 0.29) is 31.1 Å². The zero-order valence-electron chi connectivity index (χ0n) is 48.6. The number of unbranched alkanes of at least 4 members (excludes halogenated alkanes) is 29. The van der Waals surface area contributed by atoms with Crippen LogP contribution in [-0.4, -0.2) is 37.2 Å². The molecule has 0 amide bonds. The van der Waals surface area contributed by atoms with Crippen LogP contribution in [0.1, 0.15) is 297 Å². The molecule has 0 N–H and O–H groups in total. The first-order chi connectivity index (χ1) is 36.5. The van der Waals surface area contributed by atoms with Crippen molar-refractivity contribution in [1.29, 1.82) is 0 Å². The first-order valence-electron chi connectivity index (χ1n) is 31.2. The molecular weight excluding hydrogens is 913 g/mol. The van der Waals surface area contributed by atoms with Gasteiger partial charge in [-0.05, 0) is 96.3 Å². The Balaban J connectivity index is 4.39. The number of carbonyl (C=O) groups excluding carboxylic acids is 3. The highest BCUT2D eigenvalue weighted by Gasteiger charge is 2.19. The van der Waals surface area contributed by atoms with Gasteiger partial charge in [0, 0.05) is 19.3 Å². The lowest BCUT2D eigenvalue weighted by Gasteiger charge is -2.18. The molecule has 1 unspecified atom stereocenters. The summed E-state index contributed by atoms with van der Waals surface area (Å²) >= 11 is 0. The standard InChI is InChI=1S/C68H116O6/c1-4-7-10-13-16-19-22-25-28-31-32-33-34-35-36-38-40-43-46-49-52-55-58-61-67(70)73-64-65(63-72-66(69)60-57-54-51-48-45-42-39-30-27-24-21-18-15-12-9-6-3)74-68(71)62-59-56-53-50-47-44-41-37-29-26-23-20-17-14-11-8-5-2/h7-8,10-11,16-17,19-20,25-26,28-29,32-33,41,44,65H,4-6,9,12-15,18,21-24,27,30-31,34-40,42-43,45-64H2,1-3H3/b10-7-,11-8-,19-16-,20-17-,28-25-,29-26-,33-32-,44-41-. The van der Waals surface area contributed by atoms with Gasteiger partial charge in [0.05, 0.1) is 0 Å². The molecule has 424 valence electrons. The van der Waals surface area contributed by atoms with Crippen LogP contribution in [0.2, 0.25) is 0 Å². The van der Waals surface area contributed by atoms with E-state index in [2.05, 4.69) is 118 Å². The molecule has 0 heterocycles. The molecule has 0 radical (unpaired) electrons. The third-order valence-corrected chi connectivity index (χ3v) is 13.3. The quantitative estimate of drug-likeness (QED) is 0.0261. The van der Waals surface area contributed by atoms with Gasteiger partial charge in [-0.1, -0.05) is 279 Å². The van der Waals surface area contributed by atoms with E-state index >= 15 is 0 Å². The van der Waals surface area contributed by atoms with Crippen LogP contribution in [0, 0.1) is 0 Å². The van der Waals surface area contributed by atoms with E-state index in [1.807, 2.05) is 0 Å². The van der Waals surface area contributed by atoms with E-state index in [1.165, 1.54) is 135 Å². The van der Waals surface area contributed by atoms with Crippen LogP contribution in [0.3, 0.4) is 0 Å². The fourth-order valence-corrected chi connectivity index (χ4v) is 8.72. The highest BCUT2D eigenvalue weighted by atomic mass is 16.6. The molecular formula is C68H116O6. The zero-order valence-corrected chi connectivity index (χ0v) is 48.6. The maximum Gasteiger partial charge on any atom is 0.306 e. The van der Waals surface area contributed by atoms with Crippen LogP contribution in [0.4, 0.5) is 0 Å². The maximum atomic E-state index is 12.9. The summed E-state index contributed by atoms with van der Waals surface area (Å²) in [4.78, 5) is 38.3. The minimum absolute atomic E-state index is 0.0864. The maximum absolute atomic E-state index is 12.9. The zero-order chi connectivity index (χ0) is 53.6. The normalized spacial score (nSPS) is 12.7. The molecule has 74 heavy (non-hydrogen) atoms. The van der Waals surface area contributed by atoms with Crippen LogP contribution in [0.5, 0.6) is 0 Å². The molecule has 0 aromatic rings. The number of hydrogen-bond acceptors (Lipinski definition) is 6. The van der Waals surface area contributed by atoms with Gasteiger partial charge in [-0.2, -0.15) is 0 Å². The third kappa shape index (κ3) is 59.2. The average molecular weight is 1030 g/mol. The highest BCUT2D eigenvalue weighted by Crippen LogP contribution is 2.16. The van der Waals surface area contributed by atoms with Crippen molar-refractivity contribution in [2.75, 3.05) is 13.2 Å². The lowest BCUT2D eigenvalue weighted by atomic mass is 10.0. The van der Waals surface area contributed by atoms with Crippen molar-refractivity contribution in [1.82, 2.24) is 0 Å². The van der Waals surface area contributed by atoms with Crippen molar-refractivity contribution in [2.45, 2.75) is 303 Å². The number of rotatable bonds is 56. The van der Waals surface area contributed by atoms with Crippen LogP contribution >= 0.6 is 0 Å². The number of esters is 3. The van der Waals surface area contributed by atoms with Crippen molar-refractivity contribution in [3.63, 3.8) is 0 Å². The summed E-state index contributed by atoms with van der Waals surface area (Å²) in [5.41, 5.74) is 0. The van der Waals surface area contributed by atoms with E-state index < -0.39 is 6.10 Å². The summed E-state index contributed by atoms with van der Waals surface area (Å²) in [6, 6.07) is 0. The molecule has 0 bridgehead atoms. The highest BCUT2D eigenvalue weighted by molar-refractivity contribution is 5.71. The van der Waals surface area contributed by atoms with Gasteiger partial charge in [-0.25, -0.2) is 0 Å². The molecule has 0 saturated carbocycles. The summed E-state index contributed by atoms with van der Waals surface area (Å²) < 4.78 is 16.9. The minimum atomic E-state index is -0.792. The third-order valence-electron chi connectivity index (χ3n) is 13.3. The molecule has 0 fully saturated rings. The van der Waals surface area contributed by atoms with Gasteiger partial charge in [0.15, 0.2) is 6.10 Å². The van der Waals surface area contributed by atoms with E-state index in [9.17, 15) is 14.4 Å². The van der Waals surface area contributed by atoms with Gasteiger partial charge in [-0.3, -0.25) is 14.4 Å². The summed E-state index contributed by atoms with van der Waals surface area (Å²) in [6.07, 6.45) is 82.6. The molecule has 0 aromatic heterocycles. The van der Waals surface area contributed by atoms with Gasteiger partial charge in [-0.15, -0.1) is 0 Å². The first kappa shape index (κ1) is 70.3. The van der Waals surface area contributed by atoms with Gasteiger partial charge >= 0.3 is 17.9 Å². The van der Waals surface area contributed by atoms with Crippen LogP contribution in [0.25, 0.3) is 0 Å². The SMILES string of the molecule is CC/C=C\C/C=C\C/C=C\C/C=C\CCCCCCCCCCCCC(=O)OCC(COC(=O)CCCCCCCCCCCCCCCCCC)OC(=O)CCCCCC/C=C\C/C=C\C/C=C\C/C=C\CC. The summed E-state index contributed by atoms with van der Waals surface area (Å²) in [5.74, 6) is -0.904. The number of hydrogen-bond donors (Lipinski definition) is 0. The van der Waals surface area contributed by atoms with Gasteiger partial charge in [0.2, 0.25) is 0 Å². The second-order valence-corrected chi connectivity index (χ2v) is 20.6. The Morgan fingerprint density at radius 2 is 0.527 bits per heavy atom. The van der Waals surface area contributed by atoms with Crippen molar-refractivity contribution in [2.24, 2.45) is 0 Å². The predicted octanol–water partition coefficient (Wildman–Crippen LogP) is 21.3.